The molecule has 0 radical (unpaired) electrons. The lowest BCUT2D eigenvalue weighted by atomic mass is 10.1. The molecule has 0 amide bonds. The number of unbranched alkanes of at least 4 members (excludes halogenated alkanes) is 7. The first-order valence-corrected chi connectivity index (χ1v) is 28.2. The van der Waals surface area contributed by atoms with Gasteiger partial charge in [0, 0.05) is 25.5 Å². The van der Waals surface area contributed by atoms with Crippen LogP contribution in [0, 0.1) is 0 Å². The monoisotopic (exact) mass is 1060 g/mol. The number of aromatic nitrogens is 2. The van der Waals surface area contributed by atoms with Crippen LogP contribution in [0.4, 0.5) is 5.82 Å². The number of hydrogen-bond donors (Lipinski definition) is 5. The molecule has 1 aromatic heterocycles. The van der Waals surface area contributed by atoms with Crippen molar-refractivity contribution in [2.75, 3.05) is 25.6 Å². The lowest BCUT2D eigenvalue weighted by molar-refractivity contribution is -0.161. The molecule has 6 N–H and O–H groups in total. The molecule has 0 saturated carbocycles. The second-order valence-electron chi connectivity index (χ2n) is 17.0. The lowest BCUT2D eigenvalue weighted by Crippen LogP contribution is -2.36. The van der Waals surface area contributed by atoms with Gasteiger partial charge in [-0.15, -0.1) is 0 Å². The van der Waals surface area contributed by atoms with Crippen LogP contribution in [0.15, 0.2) is 114 Å². The van der Waals surface area contributed by atoms with Crippen molar-refractivity contribution in [1.29, 1.82) is 0 Å². The minimum absolute atomic E-state index is 0.0217. The highest BCUT2D eigenvalue weighted by Crippen LogP contribution is 2.60. The molecule has 1 saturated heterocycles. The van der Waals surface area contributed by atoms with Crippen LogP contribution in [0.2, 0.25) is 0 Å². The van der Waals surface area contributed by atoms with Gasteiger partial charge in [-0.3, -0.25) is 28.0 Å². The topological polar surface area (TPSA) is 283 Å². The minimum atomic E-state index is -5.47. The van der Waals surface area contributed by atoms with E-state index in [4.69, 9.17) is 29.0 Å². The van der Waals surface area contributed by atoms with Gasteiger partial charge in [0.1, 0.15) is 30.7 Å². The minimum Gasteiger partial charge on any atom is -0.462 e. The smallest absolute Gasteiger partial charge is 0.462 e. The van der Waals surface area contributed by atoms with Gasteiger partial charge in [0.15, 0.2) is 18.1 Å². The van der Waals surface area contributed by atoms with Crippen LogP contribution in [0.5, 0.6) is 0 Å². The molecule has 19 nitrogen and oxygen atoms in total. The summed E-state index contributed by atoms with van der Waals surface area (Å²) in [6, 6.07) is 1.23. The largest absolute Gasteiger partial charge is 0.481 e. The number of allylic oxidation sites excluding steroid dienone is 16. The number of nitrogen functional groups attached to an aromatic ring is 1. The lowest BCUT2D eigenvalue weighted by Gasteiger charge is -2.21. The van der Waals surface area contributed by atoms with Gasteiger partial charge in [-0.25, -0.2) is 13.9 Å². The van der Waals surface area contributed by atoms with Crippen molar-refractivity contribution in [3.05, 3.63) is 120 Å². The van der Waals surface area contributed by atoms with Gasteiger partial charge in [0.2, 0.25) is 0 Å². The standard InChI is InChI=1S/C52H79N3O16P2/c1-3-5-7-9-11-12-13-14-15-16-17-18-19-20-21-22-24-28-33-37-48(58)69-44(40-66-47(57)36-32-29-25-27-31-35-43(56)34-30-26-23-10-8-6-4-2)41-67-72(62,63)71-73(64,65)68-42-45-49(59)50(60)51(70-45)55-39-38-46(53)54-52(55)61/h5,7,11-12,14-15,17-18,20-21,23-24,26,28,30,34,38-39,44-45,49-51,59-60H,3-4,6,8-10,13,16,19,22,25,27,29,31-33,35-37,40-42H2,1-2H3,(H,62,63)(H,64,65)(H2,53,54,61)/b7-5-,12-11-,15-14-,18-17-,21-20-,26-23-,28-24-,34-30+/t44-,45-,49-,50-,51-/m1/s1. The molecule has 1 fully saturated rings. The molecule has 1 aliphatic rings. The summed E-state index contributed by atoms with van der Waals surface area (Å²) in [6.45, 7) is 1.79. The third kappa shape index (κ3) is 31.6. The number of carbonyl (C=O) groups excluding carboxylic acids is 3. The summed E-state index contributed by atoms with van der Waals surface area (Å²) in [5.41, 5.74) is 4.57. The number of aliphatic hydroxyl groups is 2. The second kappa shape index (κ2) is 38.9. The highest BCUT2D eigenvalue weighted by Gasteiger charge is 2.46. The summed E-state index contributed by atoms with van der Waals surface area (Å²) in [5, 5.41) is 20.9. The van der Waals surface area contributed by atoms with Crippen LogP contribution in [0.3, 0.4) is 0 Å². The van der Waals surface area contributed by atoms with E-state index < -0.39 is 83.7 Å². The van der Waals surface area contributed by atoms with Crippen LogP contribution in [0.25, 0.3) is 0 Å². The summed E-state index contributed by atoms with van der Waals surface area (Å²) in [5.74, 6) is -1.46. The molecule has 1 aliphatic heterocycles. The SMILES string of the molecule is CC/C=C\C/C=C\C/C=C\C/C=C\C/C=C\C/C=C\CCC(=O)O[C@H](COC(=O)CCCCCCCC(=O)/C=C/C=C\CCCCC)COP(=O)(O)OP(=O)(O)OC[C@H]1O[C@@H](n2ccc(N)nc2=O)[C@H](O)[C@@H]1O. The van der Waals surface area contributed by atoms with E-state index in [2.05, 4.69) is 77.8 Å². The Morgan fingerprint density at radius 1 is 0.712 bits per heavy atom. The number of hydrogen-bond acceptors (Lipinski definition) is 16. The zero-order valence-electron chi connectivity index (χ0n) is 42.4. The molecule has 21 heteroatoms. The predicted octanol–water partition coefficient (Wildman–Crippen LogP) is 9.62. The Balaban J connectivity index is 1.86. The van der Waals surface area contributed by atoms with Gasteiger partial charge in [0.25, 0.3) is 0 Å². The number of ether oxygens (including phenoxy) is 3. The molecular weight excluding hydrogens is 985 g/mol. The van der Waals surface area contributed by atoms with Gasteiger partial charge >= 0.3 is 33.3 Å². The molecule has 0 spiro atoms. The molecule has 0 bridgehead atoms. The summed E-state index contributed by atoms with van der Waals surface area (Å²) in [4.78, 5) is 74.0. The van der Waals surface area contributed by atoms with Crippen LogP contribution >= 0.6 is 15.6 Å². The molecular formula is C52H79N3O16P2. The van der Waals surface area contributed by atoms with Crippen LogP contribution in [-0.4, -0.2) is 91.5 Å². The molecule has 2 rings (SSSR count). The normalized spacial score (nSPS) is 19.7. The third-order valence-corrected chi connectivity index (χ3v) is 13.2. The van der Waals surface area contributed by atoms with Crippen molar-refractivity contribution in [1.82, 2.24) is 9.55 Å². The first-order chi connectivity index (χ1) is 35.1. The van der Waals surface area contributed by atoms with E-state index in [1.54, 1.807) is 18.2 Å². The van der Waals surface area contributed by atoms with E-state index in [1.165, 1.54) is 12.5 Å². The highest BCUT2D eigenvalue weighted by molar-refractivity contribution is 7.61. The average Bonchev–Trinajstić information content (AvgIpc) is 3.62. The van der Waals surface area contributed by atoms with E-state index in [1.807, 2.05) is 24.3 Å². The van der Waals surface area contributed by atoms with Crippen molar-refractivity contribution < 1.29 is 71.1 Å². The molecule has 7 atom stereocenters. The van der Waals surface area contributed by atoms with Crippen LogP contribution in [0.1, 0.15) is 142 Å². The first kappa shape index (κ1) is 64.5. The van der Waals surface area contributed by atoms with E-state index >= 15 is 0 Å². The van der Waals surface area contributed by atoms with Gasteiger partial charge in [-0.2, -0.15) is 9.29 Å². The quantitative estimate of drug-likeness (QED) is 0.0102. The summed E-state index contributed by atoms with van der Waals surface area (Å²) in [7, 11) is -10.9. The molecule has 2 unspecified atom stereocenters. The maximum Gasteiger partial charge on any atom is 0.481 e. The first-order valence-electron chi connectivity index (χ1n) is 25.2. The molecule has 1 aromatic rings. The predicted molar refractivity (Wildman–Crippen MR) is 280 cm³/mol. The molecule has 0 aliphatic carbocycles. The number of rotatable bonds is 40. The molecule has 2 heterocycles. The van der Waals surface area contributed by atoms with Crippen molar-refractivity contribution >= 4 is 39.2 Å². The van der Waals surface area contributed by atoms with E-state index in [-0.39, 0.29) is 30.9 Å². The van der Waals surface area contributed by atoms with E-state index in [0.29, 0.717) is 32.1 Å². The van der Waals surface area contributed by atoms with Crippen LogP contribution in [-0.2, 0) is 51.1 Å². The number of nitrogens with zero attached hydrogens (tertiary/aromatic N) is 2. The molecule has 408 valence electrons. The van der Waals surface area contributed by atoms with Gasteiger partial charge < -0.3 is 39.9 Å². The van der Waals surface area contributed by atoms with Crippen LogP contribution < -0.4 is 11.4 Å². The maximum atomic E-state index is 12.8. The Morgan fingerprint density at radius 2 is 1.30 bits per heavy atom. The molecule has 0 aromatic carbocycles. The second-order valence-corrected chi connectivity index (χ2v) is 20.0. The average molecular weight is 1060 g/mol. The van der Waals surface area contributed by atoms with E-state index in [9.17, 15) is 48.3 Å². The Labute approximate surface area is 430 Å². The van der Waals surface area contributed by atoms with Crippen molar-refractivity contribution in [3.8, 4) is 0 Å². The van der Waals surface area contributed by atoms with Gasteiger partial charge in [-0.05, 0) is 82.8 Å². The Hall–Kier alpha value is -4.65. The Bertz CT molecular complexity index is 2170. The number of nitrogens with two attached hydrogens (primary N) is 1. The molecule has 73 heavy (non-hydrogen) atoms. The number of phosphoric ester groups is 2. The van der Waals surface area contributed by atoms with E-state index in [0.717, 1.165) is 75.0 Å². The zero-order chi connectivity index (χ0) is 53.6. The third-order valence-electron chi connectivity index (χ3n) is 10.6. The van der Waals surface area contributed by atoms with Crippen molar-refractivity contribution in [2.45, 2.75) is 166 Å². The number of ketones is 1. The highest BCUT2D eigenvalue weighted by atomic mass is 31.3. The van der Waals surface area contributed by atoms with Crippen molar-refractivity contribution in [2.24, 2.45) is 0 Å². The zero-order valence-corrected chi connectivity index (χ0v) is 44.2. The maximum absolute atomic E-state index is 12.8. The van der Waals surface area contributed by atoms with Gasteiger partial charge in [0.05, 0.1) is 13.2 Å². The number of anilines is 1. The number of carbonyl (C=O) groups is 3. The fraction of sp³-hybridized carbons (Fsp3) is 0.558. The fourth-order valence-electron chi connectivity index (χ4n) is 6.73. The van der Waals surface area contributed by atoms with Crippen molar-refractivity contribution in [3.63, 3.8) is 0 Å². The van der Waals surface area contributed by atoms with Gasteiger partial charge in [-0.1, -0.05) is 137 Å². The summed E-state index contributed by atoms with van der Waals surface area (Å²) in [6.07, 6.45) is 39.0. The summed E-state index contributed by atoms with van der Waals surface area (Å²) >= 11 is 0. The Kier molecular flexibility index (Phi) is 34.3. The fourth-order valence-corrected chi connectivity index (χ4v) is 8.84. The Morgan fingerprint density at radius 3 is 1.92 bits per heavy atom. The number of aliphatic hydroxyl groups excluding tert-OH is 2. The number of esters is 2. The number of phosphoric acid groups is 2. The summed E-state index contributed by atoms with van der Waals surface area (Å²) < 4.78 is 56.6.